The van der Waals surface area contributed by atoms with Gasteiger partial charge in [-0.25, -0.2) is 0 Å². The first kappa shape index (κ1) is 13.7. The lowest BCUT2D eigenvalue weighted by Gasteiger charge is -2.21. The van der Waals surface area contributed by atoms with E-state index in [-0.39, 0.29) is 0 Å². The molecule has 3 nitrogen and oxygen atoms in total. The molecule has 1 fully saturated rings. The van der Waals surface area contributed by atoms with Crippen molar-refractivity contribution < 1.29 is 14.6 Å². The first-order valence-corrected chi connectivity index (χ1v) is 6.94. The van der Waals surface area contributed by atoms with E-state index in [1.807, 2.05) is 12.1 Å². The summed E-state index contributed by atoms with van der Waals surface area (Å²) < 4.78 is 11.9. The Kier molecular flexibility index (Phi) is 3.87. The molecule has 18 heavy (non-hydrogen) atoms. The molecule has 0 radical (unpaired) electrons. The van der Waals surface area contributed by atoms with Crippen LogP contribution in [0, 0.1) is 5.92 Å². The van der Waals surface area contributed by atoms with Gasteiger partial charge in [0.2, 0.25) is 0 Å². The van der Waals surface area contributed by atoms with Gasteiger partial charge in [0, 0.05) is 10.0 Å². The van der Waals surface area contributed by atoms with Crippen molar-refractivity contribution in [1.82, 2.24) is 0 Å². The summed E-state index contributed by atoms with van der Waals surface area (Å²) in [7, 11) is 1.61. The molecule has 0 aromatic heterocycles. The van der Waals surface area contributed by atoms with Crippen molar-refractivity contribution in [1.29, 1.82) is 0 Å². The minimum absolute atomic E-state index is 0.663. The Morgan fingerprint density at radius 2 is 2.00 bits per heavy atom. The fraction of sp³-hybridized carbons (Fsp3) is 0.571. The summed E-state index contributed by atoms with van der Waals surface area (Å²) in [5.74, 6) is 2.09. The Bertz CT molecular complexity index is 433. The molecule has 0 aliphatic heterocycles. The molecule has 4 heteroatoms. The van der Waals surface area contributed by atoms with Crippen molar-refractivity contribution in [2.24, 2.45) is 5.92 Å². The van der Waals surface area contributed by atoms with Crippen LogP contribution in [0.25, 0.3) is 0 Å². The van der Waals surface area contributed by atoms with Gasteiger partial charge in [0.1, 0.15) is 0 Å². The molecule has 0 heterocycles. The Morgan fingerprint density at radius 1 is 1.33 bits per heavy atom. The summed E-state index contributed by atoms with van der Waals surface area (Å²) >= 11 is 3.47. The quantitative estimate of drug-likeness (QED) is 0.904. The van der Waals surface area contributed by atoms with Gasteiger partial charge >= 0.3 is 0 Å². The molecule has 1 N–H and O–H groups in total. The van der Waals surface area contributed by atoms with Gasteiger partial charge in [0.15, 0.2) is 11.5 Å². The SMILES string of the molecule is COc1cc(C(C)(C)O)c(Br)cc1OCC1CC1. The summed E-state index contributed by atoms with van der Waals surface area (Å²) in [4.78, 5) is 0. The third-order valence-electron chi connectivity index (χ3n) is 3.08. The smallest absolute Gasteiger partial charge is 0.162 e. The van der Waals surface area contributed by atoms with E-state index >= 15 is 0 Å². The van der Waals surface area contributed by atoms with Crippen LogP contribution in [0.5, 0.6) is 11.5 Å². The lowest BCUT2D eigenvalue weighted by molar-refractivity contribution is 0.0774. The highest BCUT2D eigenvalue weighted by atomic mass is 79.9. The number of methoxy groups -OCH3 is 1. The van der Waals surface area contributed by atoms with E-state index in [1.165, 1.54) is 12.8 Å². The van der Waals surface area contributed by atoms with Crippen molar-refractivity contribution >= 4 is 15.9 Å². The third-order valence-corrected chi connectivity index (χ3v) is 3.74. The van der Waals surface area contributed by atoms with Gasteiger partial charge in [-0.05, 0) is 44.7 Å². The third kappa shape index (κ3) is 3.18. The van der Waals surface area contributed by atoms with Gasteiger partial charge < -0.3 is 14.6 Å². The van der Waals surface area contributed by atoms with Crippen molar-refractivity contribution in [2.75, 3.05) is 13.7 Å². The second kappa shape index (κ2) is 5.10. The van der Waals surface area contributed by atoms with Gasteiger partial charge in [-0.15, -0.1) is 0 Å². The minimum Gasteiger partial charge on any atom is -0.493 e. The van der Waals surface area contributed by atoms with Gasteiger partial charge in [0.05, 0.1) is 19.3 Å². The zero-order chi connectivity index (χ0) is 13.3. The Labute approximate surface area is 116 Å². The maximum atomic E-state index is 10.1. The Balaban J connectivity index is 2.26. The lowest BCUT2D eigenvalue weighted by Crippen LogP contribution is -2.16. The summed E-state index contributed by atoms with van der Waals surface area (Å²) in [6.45, 7) is 4.24. The molecule has 0 unspecified atom stereocenters. The molecule has 1 saturated carbocycles. The first-order valence-electron chi connectivity index (χ1n) is 6.15. The molecule has 0 saturated heterocycles. The van der Waals surface area contributed by atoms with Crippen LogP contribution in [0.3, 0.4) is 0 Å². The van der Waals surface area contributed by atoms with Crippen molar-refractivity contribution in [2.45, 2.75) is 32.3 Å². The van der Waals surface area contributed by atoms with E-state index in [9.17, 15) is 5.11 Å². The highest BCUT2D eigenvalue weighted by Gasteiger charge is 2.25. The summed E-state index contributed by atoms with van der Waals surface area (Å²) in [6, 6.07) is 3.70. The number of aliphatic hydroxyl groups is 1. The summed E-state index contributed by atoms with van der Waals surface area (Å²) in [5.41, 5.74) is -0.126. The Hall–Kier alpha value is -0.740. The minimum atomic E-state index is -0.916. The maximum Gasteiger partial charge on any atom is 0.162 e. The fourth-order valence-corrected chi connectivity index (χ4v) is 2.58. The molecule has 100 valence electrons. The molecule has 0 bridgehead atoms. The molecule has 0 atom stereocenters. The maximum absolute atomic E-state index is 10.1. The number of ether oxygens (including phenoxy) is 2. The number of hydrogen-bond donors (Lipinski definition) is 1. The van der Waals surface area contributed by atoms with Crippen LogP contribution in [-0.2, 0) is 5.60 Å². The number of rotatable bonds is 5. The van der Waals surface area contributed by atoms with Crippen LogP contribution in [0.4, 0.5) is 0 Å². The van der Waals surface area contributed by atoms with E-state index in [4.69, 9.17) is 9.47 Å². The van der Waals surface area contributed by atoms with Crippen LogP contribution >= 0.6 is 15.9 Å². The summed E-state index contributed by atoms with van der Waals surface area (Å²) in [5, 5.41) is 10.1. The van der Waals surface area contributed by atoms with Crippen molar-refractivity contribution in [3.63, 3.8) is 0 Å². The molecule has 1 aromatic rings. The molecule has 1 aliphatic rings. The molecule has 1 aromatic carbocycles. The second-order valence-electron chi connectivity index (χ2n) is 5.30. The standard InChI is InChI=1S/C14H19BrO3/c1-14(2,16)10-6-12(17-3)13(7-11(10)15)18-8-9-4-5-9/h6-7,9,16H,4-5,8H2,1-3H3. The average Bonchev–Trinajstić information content (AvgIpc) is 3.08. The number of hydrogen-bond acceptors (Lipinski definition) is 3. The van der Waals surface area contributed by atoms with E-state index in [2.05, 4.69) is 15.9 Å². The Morgan fingerprint density at radius 3 is 2.50 bits per heavy atom. The zero-order valence-corrected chi connectivity index (χ0v) is 12.6. The molecule has 2 rings (SSSR count). The van der Waals surface area contributed by atoms with E-state index in [1.54, 1.807) is 21.0 Å². The summed E-state index contributed by atoms with van der Waals surface area (Å²) in [6.07, 6.45) is 2.51. The normalized spacial score (nSPS) is 15.6. The zero-order valence-electron chi connectivity index (χ0n) is 11.0. The topological polar surface area (TPSA) is 38.7 Å². The van der Waals surface area contributed by atoms with Crippen molar-refractivity contribution in [3.05, 3.63) is 22.2 Å². The number of halogens is 1. The van der Waals surface area contributed by atoms with Gasteiger partial charge in [-0.2, -0.15) is 0 Å². The molecule has 0 spiro atoms. The first-order chi connectivity index (χ1) is 8.41. The van der Waals surface area contributed by atoms with E-state index in [0.29, 0.717) is 11.7 Å². The predicted molar refractivity (Wildman–Crippen MR) is 74.2 cm³/mol. The van der Waals surface area contributed by atoms with Crippen LogP contribution in [0.2, 0.25) is 0 Å². The van der Waals surface area contributed by atoms with Gasteiger partial charge in [-0.1, -0.05) is 15.9 Å². The molecular weight excluding hydrogens is 296 g/mol. The monoisotopic (exact) mass is 314 g/mol. The molecular formula is C14H19BrO3. The molecule has 1 aliphatic carbocycles. The van der Waals surface area contributed by atoms with Crippen LogP contribution < -0.4 is 9.47 Å². The van der Waals surface area contributed by atoms with E-state index in [0.717, 1.165) is 22.4 Å². The van der Waals surface area contributed by atoms with Crippen LogP contribution in [0.1, 0.15) is 32.3 Å². The second-order valence-corrected chi connectivity index (χ2v) is 6.15. The number of benzene rings is 1. The van der Waals surface area contributed by atoms with Crippen molar-refractivity contribution in [3.8, 4) is 11.5 Å². The van der Waals surface area contributed by atoms with Crippen LogP contribution in [-0.4, -0.2) is 18.8 Å². The largest absolute Gasteiger partial charge is 0.493 e. The average molecular weight is 315 g/mol. The van der Waals surface area contributed by atoms with Gasteiger partial charge in [0.25, 0.3) is 0 Å². The van der Waals surface area contributed by atoms with E-state index < -0.39 is 5.60 Å². The fourth-order valence-electron chi connectivity index (χ4n) is 1.77. The lowest BCUT2D eigenvalue weighted by atomic mass is 9.98. The van der Waals surface area contributed by atoms with Crippen LogP contribution in [0.15, 0.2) is 16.6 Å². The predicted octanol–water partition coefficient (Wildman–Crippen LogP) is 3.47. The highest BCUT2D eigenvalue weighted by molar-refractivity contribution is 9.10. The van der Waals surface area contributed by atoms with Gasteiger partial charge in [-0.3, -0.25) is 0 Å². The molecule has 0 amide bonds. The highest BCUT2D eigenvalue weighted by Crippen LogP contribution is 2.39.